The fourth-order valence-electron chi connectivity index (χ4n) is 9.00. The highest BCUT2D eigenvalue weighted by Gasteiger charge is 2.20. The molecule has 0 saturated heterocycles. The molecule has 0 aliphatic carbocycles. The smallest absolute Gasteiger partial charge is 0.222 e. The molecule has 378 valence electrons. The number of hydrogen-bond donors (Lipinski definition) is 4. The molecular weight excluding hydrogens is 787 g/mol. The zero-order valence-corrected chi connectivity index (χ0v) is 43.2. The Morgan fingerprint density at radius 1 is 0.391 bits per heavy atom. The van der Waals surface area contributed by atoms with Crippen molar-refractivity contribution in [1.82, 2.24) is 5.32 Å². The molecule has 0 rings (SSSR count). The van der Waals surface area contributed by atoms with Gasteiger partial charge in [0.1, 0.15) is 0 Å². The molecule has 3 atom stereocenters. The molecule has 0 radical (unpaired) electrons. The number of hydrogen-bond acceptors (Lipinski definition) is 4. The standard InChI is InChI=1S/C59H113NO4/c1-3-5-7-9-11-13-15-17-19-21-23-25-27-29-31-33-35-37-39-41-43-45-47-49-51-53-58(63)57(55-61)60-59(64)54-56(62)52-50-48-46-44-42-40-38-36-34-32-30-28-26-24-22-20-18-16-14-12-10-8-6-4-2/h30,32,43,45,51,53,56-58,61-63H,3-29,31,33-42,44,46-50,52,54-55H2,1-2H3,(H,60,64)/b32-30-,45-43+,53-51+. The van der Waals surface area contributed by atoms with E-state index in [2.05, 4.69) is 43.5 Å². The predicted molar refractivity (Wildman–Crippen MR) is 282 cm³/mol. The van der Waals surface area contributed by atoms with Crippen LogP contribution in [-0.2, 0) is 4.79 Å². The average Bonchev–Trinajstić information content (AvgIpc) is 3.29. The van der Waals surface area contributed by atoms with Crippen molar-refractivity contribution in [3.63, 3.8) is 0 Å². The molecule has 5 nitrogen and oxygen atoms in total. The number of rotatable bonds is 53. The Bertz CT molecular complexity index is 993. The first kappa shape index (κ1) is 62.6. The van der Waals surface area contributed by atoms with Crippen molar-refractivity contribution in [3.05, 3.63) is 36.5 Å². The molecule has 0 aromatic heterocycles. The lowest BCUT2D eigenvalue weighted by atomic mass is 10.0. The lowest BCUT2D eigenvalue weighted by molar-refractivity contribution is -0.124. The number of unbranched alkanes of at least 4 members (excludes halogenated alkanes) is 40. The summed E-state index contributed by atoms with van der Waals surface area (Å²) in [5.41, 5.74) is 0. The van der Waals surface area contributed by atoms with E-state index in [9.17, 15) is 20.1 Å². The first-order valence-electron chi connectivity index (χ1n) is 28.8. The average molecular weight is 901 g/mol. The highest BCUT2D eigenvalue weighted by Crippen LogP contribution is 2.17. The summed E-state index contributed by atoms with van der Waals surface area (Å²) in [7, 11) is 0. The second-order valence-corrected chi connectivity index (χ2v) is 19.9. The zero-order valence-electron chi connectivity index (χ0n) is 43.2. The highest BCUT2D eigenvalue weighted by atomic mass is 16.3. The second-order valence-electron chi connectivity index (χ2n) is 19.9. The molecule has 0 aromatic carbocycles. The Balaban J connectivity index is 3.60. The largest absolute Gasteiger partial charge is 0.394 e. The van der Waals surface area contributed by atoms with Crippen molar-refractivity contribution in [3.8, 4) is 0 Å². The number of carbonyl (C=O) groups excluding carboxylic acids is 1. The van der Waals surface area contributed by atoms with Gasteiger partial charge in [-0.1, -0.05) is 281 Å². The molecule has 0 bridgehead atoms. The molecule has 3 unspecified atom stereocenters. The second kappa shape index (κ2) is 54.2. The van der Waals surface area contributed by atoms with Crippen LogP contribution in [-0.4, -0.2) is 46.1 Å². The van der Waals surface area contributed by atoms with Gasteiger partial charge in [-0.15, -0.1) is 0 Å². The van der Waals surface area contributed by atoms with Crippen molar-refractivity contribution in [1.29, 1.82) is 0 Å². The third-order valence-electron chi connectivity index (χ3n) is 13.4. The number of allylic oxidation sites excluding steroid dienone is 5. The van der Waals surface area contributed by atoms with E-state index in [-0.39, 0.29) is 18.9 Å². The Morgan fingerprint density at radius 2 is 0.672 bits per heavy atom. The summed E-state index contributed by atoms with van der Waals surface area (Å²) in [4.78, 5) is 12.5. The van der Waals surface area contributed by atoms with Gasteiger partial charge >= 0.3 is 0 Å². The first-order chi connectivity index (χ1) is 31.5. The lowest BCUT2D eigenvalue weighted by Crippen LogP contribution is -2.45. The van der Waals surface area contributed by atoms with Crippen LogP contribution >= 0.6 is 0 Å². The van der Waals surface area contributed by atoms with E-state index in [0.29, 0.717) is 6.42 Å². The van der Waals surface area contributed by atoms with Gasteiger partial charge in [0.05, 0.1) is 31.3 Å². The van der Waals surface area contributed by atoms with Crippen molar-refractivity contribution in [2.45, 2.75) is 327 Å². The topological polar surface area (TPSA) is 89.8 Å². The summed E-state index contributed by atoms with van der Waals surface area (Å²) in [6, 6.07) is -0.763. The van der Waals surface area contributed by atoms with Gasteiger partial charge < -0.3 is 20.6 Å². The number of aliphatic hydroxyl groups excluding tert-OH is 3. The Kier molecular flexibility index (Phi) is 53.0. The third-order valence-corrected chi connectivity index (χ3v) is 13.4. The van der Waals surface area contributed by atoms with E-state index in [0.717, 1.165) is 32.1 Å². The van der Waals surface area contributed by atoms with Gasteiger partial charge in [0.2, 0.25) is 5.91 Å². The minimum atomic E-state index is -0.954. The summed E-state index contributed by atoms with van der Waals surface area (Å²) in [5.74, 6) is -0.323. The molecule has 0 fully saturated rings. The number of amides is 1. The molecule has 0 aromatic rings. The fraction of sp³-hybridized carbons (Fsp3) is 0.881. The monoisotopic (exact) mass is 900 g/mol. The molecule has 0 aliphatic rings. The molecule has 0 aliphatic heterocycles. The quantitative estimate of drug-likeness (QED) is 0.0362. The van der Waals surface area contributed by atoms with Crippen LogP contribution in [0.4, 0.5) is 0 Å². The summed E-state index contributed by atoms with van der Waals surface area (Å²) in [6.07, 6.45) is 70.5. The maximum absolute atomic E-state index is 12.5. The van der Waals surface area contributed by atoms with Gasteiger partial charge in [-0.25, -0.2) is 0 Å². The van der Waals surface area contributed by atoms with Gasteiger partial charge in [-0.2, -0.15) is 0 Å². The van der Waals surface area contributed by atoms with Crippen LogP contribution in [0, 0.1) is 0 Å². The summed E-state index contributed by atoms with van der Waals surface area (Å²) >= 11 is 0. The van der Waals surface area contributed by atoms with E-state index < -0.39 is 18.2 Å². The molecular formula is C59H113NO4. The molecule has 0 spiro atoms. The van der Waals surface area contributed by atoms with Crippen molar-refractivity contribution >= 4 is 5.91 Å². The lowest BCUT2D eigenvalue weighted by Gasteiger charge is -2.21. The highest BCUT2D eigenvalue weighted by molar-refractivity contribution is 5.76. The van der Waals surface area contributed by atoms with Crippen LogP contribution in [0.5, 0.6) is 0 Å². The number of nitrogens with one attached hydrogen (secondary N) is 1. The molecule has 1 amide bonds. The van der Waals surface area contributed by atoms with Crippen LogP contribution in [0.3, 0.4) is 0 Å². The van der Waals surface area contributed by atoms with E-state index in [1.807, 2.05) is 6.08 Å². The summed E-state index contributed by atoms with van der Waals surface area (Å²) < 4.78 is 0. The van der Waals surface area contributed by atoms with Crippen molar-refractivity contribution in [2.24, 2.45) is 0 Å². The van der Waals surface area contributed by atoms with Crippen molar-refractivity contribution < 1.29 is 20.1 Å². The van der Waals surface area contributed by atoms with Gasteiger partial charge in [-0.05, 0) is 57.8 Å². The van der Waals surface area contributed by atoms with Gasteiger partial charge in [0.25, 0.3) is 0 Å². The Hall–Kier alpha value is -1.43. The Labute approximate surface area is 400 Å². The van der Waals surface area contributed by atoms with Crippen LogP contribution in [0.25, 0.3) is 0 Å². The summed E-state index contributed by atoms with van der Waals surface area (Å²) in [5, 5.41) is 33.5. The van der Waals surface area contributed by atoms with Crippen LogP contribution in [0.15, 0.2) is 36.5 Å². The molecule has 4 N–H and O–H groups in total. The van der Waals surface area contributed by atoms with E-state index >= 15 is 0 Å². The first-order valence-corrected chi connectivity index (χ1v) is 28.8. The minimum Gasteiger partial charge on any atom is -0.394 e. The fourth-order valence-corrected chi connectivity index (χ4v) is 9.00. The number of aliphatic hydroxyl groups is 3. The third kappa shape index (κ3) is 50.0. The molecule has 5 heteroatoms. The van der Waals surface area contributed by atoms with Gasteiger partial charge in [-0.3, -0.25) is 4.79 Å². The van der Waals surface area contributed by atoms with E-state index in [4.69, 9.17) is 0 Å². The minimum absolute atomic E-state index is 0.00500. The molecule has 0 saturated carbocycles. The van der Waals surface area contributed by atoms with Gasteiger partial charge in [0, 0.05) is 0 Å². The Morgan fingerprint density at radius 3 is 1.00 bits per heavy atom. The molecule has 64 heavy (non-hydrogen) atoms. The van der Waals surface area contributed by atoms with Crippen LogP contribution < -0.4 is 5.32 Å². The predicted octanol–water partition coefficient (Wildman–Crippen LogP) is 17.8. The maximum Gasteiger partial charge on any atom is 0.222 e. The SMILES string of the molecule is CCCCCCCCCCCCCC/C=C\CCCCCCCCCCC(O)CC(=O)NC(CO)C(O)/C=C/CC/C=C/CCCCCCCCCCCCCCCCCCCCC. The van der Waals surface area contributed by atoms with E-state index in [1.54, 1.807) is 6.08 Å². The van der Waals surface area contributed by atoms with E-state index in [1.165, 1.54) is 250 Å². The number of carbonyl (C=O) groups is 1. The molecule has 0 heterocycles. The zero-order chi connectivity index (χ0) is 46.5. The van der Waals surface area contributed by atoms with Crippen LogP contribution in [0.1, 0.15) is 309 Å². The summed E-state index contributed by atoms with van der Waals surface area (Å²) in [6.45, 7) is 4.24. The van der Waals surface area contributed by atoms with Gasteiger partial charge in [0.15, 0.2) is 0 Å². The normalized spacial score (nSPS) is 13.5. The maximum atomic E-state index is 12.5. The van der Waals surface area contributed by atoms with Crippen LogP contribution in [0.2, 0.25) is 0 Å². The van der Waals surface area contributed by atoms with Crippen molar-refractivity contribution in [2.75, 3.05) is 6.61 Å².